The maximum atomic E-state index is 12.9. The number of fused-ring (bicyclic) bond motifs is 2. The first-order chi connectivity index (χ1) is 15.0. The van der Waals surface area contributed by atoms with Crippen molar-refractivity contribution < 1.29 is 0 Å². The van der Waals surface area contributed by atoms with Gasteiger partial charge in [-0.3, -0.25) is 4.79 Å². The summed E-state index contributed by atoms with van der Waals surface area (Å²) in [7, 11) is 1.66. The minimum atomic E-state index is -0.311. The molecule has 0 aromatic carbocycles. The summed E-state index contributed by atoms with van der Waals surface area (Å²) in [5.41, 5.74) is 1.68. The van der Waals surface area contributed by atoms with Gasteiger partial charge in [0, 0.05) is 38.9 Å². The van der Waals surface area contributed by atoms with Crippen molar-refractivity contribution in [2.45, 2.75) is 18.9 Å². The molecule has 3 aromatic rings. The highest BCUT2D eigenvalue weighted by Gasteiger charge is 2.40. The normalized spacial score (nSPS) is 20.7. The second-order valence-corrected chi connectivity index (χ2v) is 8.90. The van der Waals surface area contributed by atoms with Gasteiger partial charge in [0.2, 0.25) is 0 Å². The Bertz CT molecular complexity index is 1270. The molecule has 31 heavy (non-hydrogen) atoms. The van der Waals surface area contributed by atoms with Crippen molar-refractivity contribution in [1.82, 2.24) is 14.5 Å². The third-order valence-electron chi connectivity index (χ3n) is 6.45. The van der Waals surface area contributed by atoms with Crippen molar-refractivity contribution in [3.8, 4) is 6.07 Å². The first kappa shape index (κ1) is 20.1. The zero-order chi connectivity index (χ0) is 21.7. The highest BCUT2D eigenvalue weighted by molar-refractivity contribution is 6.30. The van der Waals surface area contributed by atoms with E-state index >= 15 is 0 Å². The van der Waals surface area contributed by atoms with Gasteiger partial charge in [-0.1, -0.05) is 23.2 Å². The van der Waals surface area contributed by atoms with Gasteiger partial charge in [0.1, 0.15) is 28.1 Å². The molecule has 7 nitrogen and oxygen atoms in total. The summed E-state index contributed by atoms with van der Waals surface area (Å²) in [4.78, 5) is 26.4. The predicted octanol–water partition coefficient (Wildman–Crippen LogP) is 3.61. The van der Waals surface area contributed by atoms with E-state index in [-0.39, 0.29) is 11.1 Å². The Morgan fingerprint density at radius 1 is 1.16 bits per heavy atom. The molecule has 5 heterocycles. The molecule has 3 aromatic heterocycles. The number of nitriles is 1. The third kappa shape index (κ3) is 3.31. The number of rotatable bonds is 2. The van der Waals surface area contributed by atoms with Crippen molar-refractivity contribution >= 4 is 45.7 Å². The van der Waals surface area contributed by atoms with Crippen LogP contribution in [0.3, 0.4) is 0 Å². The second kappa shape index (κ2) is 7.70. The fourth-order valence-electron chi connectivity index (χ4n) is 4.99. The van der Waals surface area contributed by atoms with E-state index in [2.05, 4.69) is 25.8 Å². The van der Waals surface area contributed by atoms with Gasteiger partial charge in [-0.15, -0.1) is 0 Å². The van der Waals surface area contributed by atoms with Crippen LogP contribution in [0.25, 0.3) is 11.0 Å². The lowest BCUT2D eigenvalue weighted by atomic mass is 9.92. The molecular formula is C22H20Cl2N6O. The topological polar surface area (TPSA) is 78.0 Å². The van der Waals surface area contributed by atoms with Crippen LogP contribution in [0.15, 0.2) is 35.3 Å². The Morgan fingerprint density at radius 3 is 2.74 bits per heavy atom. The van der Waals surface area contributed by atoms with Crippen LogP contribution < -0.4 is 15.4 Å². The van der Waals surface area contributed by atoms with Crippen LogP contribution in [0, 0.1) is 17.2 Å². The number of aromatic nitrogens is 3. The molecule has 2 fully saturated rings. The lowest BCUT2D eigenvalue weighted by Gasteiger charge is -2.39. The molecule has 2 aliphatic rings. The first-order valence-corrected chi connectivity index (χ1v) is 11.0. The Labute approximate surface area is 189 Å². The summed E-state index contributed by atoms with van der Waals surface area (Å²) in [6.45, 7) is 2.39. The van der Waals surface area contributed by atoms with Crippen LogP contribution in [0.5, 0.6) is 0 Å². The van der Waals surface area contributed by atoms with E-state index in [1.165, 1.54) is 4.57 Å². The minimum absolute atomic E-state index is 0.123. The fraction of sp³-hybridized carbons (Fsp3) is 0.364. The van der Waals surface area contributed by atoms with E-state index in [0.717, 1.165) is 38.3 Å². The molecule has 2 saturated heterocycles. The number of hydrogen-bond acceptors (Lipinski definition) is 6. The molecule has 2 aliphatic heterocycles. The van der Waals surface area contributed by atoms with Gasteiger partial charge < -0.3 is 14.4 Å². The lowest BCUT2D eigenvalue weighted by Crippen LogP contribution is -2.47. The number of hydrogen-bond donors (Lipinski definition) is 0. The molecule has 0 amide bonds. The van der Waals surface area contributed by atoms with Gasteiger partial charge >= 0.3 is 0 Å². The summed E-state index contributed by atoms with van der Waals surface area (Å²) in [6, 6.07) is 9.77. The molecule has 5 rings (SSSR count). The summed E-state index contributed by atoms with van der Waals surface area (Å²) in [6.07, 6.45) is 3.60. The van der Waals surface area contributed by atoms with Gasteiger partial charge in [0.15, 0.2) is 0 Å². The van der Waals surface area contributed by atoms with Gasteiger partial charge in [-0.2, -0.15) is 5.26 Å². The van der Waals surface area contributed by atoms with E-state index < -0.39 is 0 Å². The van der Waals surface area contributed by atoms with Crippen LogP contribution in [0.1, 0.15) is 18.4 Å². The molecule has 0 unspecified atom stereocenters. The predicted molar refractivity (Wildman–Crippen MR) is 122 cm³/mol. The second-order valence-electron chi connectivity index (χ2n) is 8.08. The Morgan fingerprint density at radius 2 is 2.00 bits per heavy atom. The molecule has 158 valence electrons. The number of piperidine rings is 1. The lowest BCUT2D eigenvalue weighted by molar-refractivity contribution is 0.395. The molecule has 2 atom stereocenters. The highest BCUT2D eigenvalue weighted by Crippen LogP contribution is 2.38. The maximum absolute atomic E-state index is 12.9. The van der Waals surface area contributed by atoms with E-state index in [9.17, 15) is 10.1 Å². The fourth-order valence-corrected chi connectivity index (χ4v) is 5.25. The van der Waals surface area contributed by atoms with Crippen molar-refractivity contribution in [3.05, 3.63) is 56.6 Å². The van der Waals surface area contributed by atoms with Gasteiger partial charge in [0.25, 0.3) is 5.56 Å². The van der Waals surface area contributed by atoms with Crippen LogP contribution >= 0.6 is 23.2 Å². The van der Waals surface area contributed by atoms with Crippen LogP contribution in [-0.4, -0.2) is 40.2 Å². The third-order valence-corrected chi connectivity index (χ3v) is 6.88. The SMILES string of the molecule is Cn1c(=O)c(C#N)c(N2CC[C@H]3[C@H](CCN3c3ccc(Cl)cn3)C2)c2nc(Cl)ccc21. The molecule has 0 aliphatic carbocycles. The van der Waals surface area contributed by atoms with Crippen LogP contribution in [0.2, 0.25) is 10.2 Å². The summed E-state index contributed by atoms with van der Waals surface area (Å²) >= 11 is 12.2. The number of nitrogens with zero attached hydrogens (tertiary/aromatic N) is 6. The molecule has 0 radical (unpaired) electrons. The average Bonchev–Trinajstić information content (AvgIpc) is 3.19. The number of aryl methyl sites for hydroxylation is 1. The zero-order valence-corrected chi connectivity index (χ0v) is 18.4. The summed E-state index contributed by atoms with van der Waals surface area (Å²) < 4.78 is 1.47. The number of anilines is 2. The maximum Gasteiger partial charge on any atom is 0.270 e. The molecule has 0 bridgehead atoms. The van der Waals surface area contributed by atoms with E-state index in [4.69, 9.17) is 23.2 Å². The molecular weight excluding hydrogens is 435 g/mol. The van der Waals surface area contributed by atoms with Crippen LogP contribution in [-0.2, 0) is 7.05 Å². The smallest absolute Gasteiger partial charge is 0.270 e. The highest BCUT2D eigenvalue weighted by atomic mass is 35.5. The molecule has 0 saturated carbocycles. The Balaban J connectivity index is 1.52. The average molecular weight is 455 g/mol. The van der Waals surface area contributed by atoms with Gasteiger partial charge in [-0.25, -0.2) is 9.97 Å². The van der Waals surface area contributed by atoms with Crippen LogP contribution in [0.4, 0.5) is 11.5 Å². The summed E-state index contributed by atoms with van der Waals surface area (Å²) in [5.74, 6) is 1.34. The van der Waals surface area contributed by atoms with Gasteiger partial charge in [0.05, 0.1) is 16.2 Å². The van der Waals surface area contributed by atoms with Crippen molar-refractivity contribution in [3.63, 3.8) is 0 Å². The van der Waals surface area contributed by atoms with E-state index in [1.807, 2.05) is 12.1 Å². The quantitative estimate of drug-likeness (QED) is 0.550. The van der Waals surface area contributed by atoms with Gasteiger partial charge in [-0.05, 0) is 43.0 Å². The Kier molecular flexibility index (Phi) is 4.99. The standard InChI is InChI=1S/C22H20Cl2N6O/c1-28-17-3-4-18(24)27-20(17)21(15(10-25)22(28)31)29-8-7-16-13(12-29)6-9-30(16)19-5-2-14(23)11-26-19/h2-5,11,13,16H,6-9,12H2,1H3/t13-,16+/m1/s1. The molecule has 0 N–H and O–H groups in total. The number of pyridine rings is 3. The first-order valence-electron chi connectivity index (χ1n) is 10.2. The van der Waals surface area contributed by atoms with E-state index in [0.29, 0.717) is 38.9 Å². The van der Waals surface area contributed by atoms with Crippen molar-refractivity contribution in [2.75, 3.05) is 29.4 Å². The monoisotopic (exact) mass is 454 g/mol. The molecule has 9 heteroatoms. The Hall–Kier alpha value is -2.82. The van der Waals surface area contributed by atoms with E-state index in [1.54, 1.807) is 25.4 Å². The number of halogens is 2. The zero-order valence-electron chi connectivity index (χ0n) is 16.9. The largest absolute Gasteiger partial charge is 0.368 e. The van der Waals surface area contributed by atoms with Crippen molar-refractivity contribution in [1.29, 1.82) is 5.26 Å². The molecule has 0 spiro atoms. The summed E-state index contributed by atoms with van der Waals surface area (Å²) in [5, 5.41) is 10.8. The van der Waals surface area contributed by atoms with Crippen molar-refractivity contribution in [2.24, 2.45) is 13.0 Å². The minimum Gasteiger partial charge on any atom is -0.368 e.